The van der Waals surface area contributed by atoms with Gasteiger partial charge in [-0.3, -0.25) is 4.79 Å². The molecule has 0 radical (unpaired) electrons. The number of hydrogen-bond acceptors (Lipinski definition) is 8. The van der Waals surface area contributed by atoms with Gasteiger partial charge in [0.25, 0.3) is 5.89 Å². The van der Waals surface area contributed by atoms with Crippen molar-refractivity contribution in [2.45, 2.75) is 12.5 Å². The molecule has 0 unspecified atom stereocenters. The van der Waals surface area contributed by atoms with Crippen molar-refractivity contribution in [3.63, 3.8) is 0 Å². The zero-order valence-electron chi connectivity index (χ0n) is 16.4. The van der Waals surface area contributed by atoms with Crippen molar-refractivity contribution in [2.24, 2.45) is 0 Å². The molecule has 1 aliphatic heterocycles. The number of carbonyl (C=O) groups excluding carboxylic acids is 1. The van der Waals surface area contributed by atoms with Crippen LogP contribution in [-0.2, 0) is 6.42 Å². The Morgan fingerprint density at radius 3 is 2.97 bits per heavy atom. The SMILES string of the molecule is O=C(c1nnc(-c2cncnc2)o1)N1CCc2[nH]cnc2[C@H]1c1cc2c(F)cccn2n1. The first-order chi connectivity index (χ1) is 15.7. The quantitative estimate of drug-likeness (QED) is 0.458. The second-order valence-corrected chi connectivity index (χ2v) is 7.21. The molecule has 32 heavy (non-hydrogen) atoms. The summed E-state index contributed by atoms with van der Waals surface area (Å²) in [6, 6.07) is 3.89. The van der Waals surface area contributed by atoms with Gasteiger partial charge in [-0.25, -0.2) is 23.9 Å². The number of hydrogen-bond donors (Lipinski definition) is 1. The van der Waals surface area contributed by atoms with Crippen molar-refractivity contribution >= 4 is 11.4 Å². The molecule has 1 atom stereocenters. The molecule has 1 aliphatic rings. The van der Waals surface area contributed by atoms with E-state index in [0.717, 1.165) is 5.69 Å². The van der Waals surface area contributed by atoms with Crippen molar-refractivity contribution in [1.29, 1.82) is 0 Å². The third-order valence-electron chi connectivity index (χ3n) is 5.35. The summed E-state index contributed by atoms with van der Waals surface area (Å²) in [5.74, 6) is -0.925. The predicted molar refractivity (Wildman–Crippen MR) is 106 cm³/mol. The number of fused-ring (bicyclic) bond motifs is 2. The number of rotatable bonds is 3. The molecule has 6 heterocycles. The number of imidazole rings is 1. The fourth-order valence-electron chi connectivity index (χ4n) is 3.89. The van der Waals surface area contributed by atoms with Crippen molar-refractivity contribution in [2.75, 3.05) is 6.54 Å². The topological polar surface area (TPSA) is 131 Å². The van der Waals surface area contributed by atoms with Crippen LogP contribution >= 0.6 is 0 Å². The first kappa shape index (κ1) is 18.3. The molecule has 5 aromatic rings. The van der Waals surface area contributed by atoms with E-state index in [1.54, 1.807) is 29.6 Å². The van der Waals surface area contributed by atoms with Gasteiger partial charge in [0.1, 0.15) is 23.7 Å². The highest BCUT2D eigenvalue weighted by atomic mass is 19.1. The summed E-state index contributed by atoms with van der Waals surface area (Å²) in [5, 5.41) is 12.4. The molecule has 12 heteroatoms. The zero-order valence-corrected chi connectivity index (χ0v) is 16.4. The first-order valence-electron chi connectivity index (χ1n) is 9.75. The first-order valence-corrected chi connectivity index (χ1v) is 9.75. The minimum absolute atomic E-state index is 0.137. The molecule has 1 N–H and O–H groups in total. The average molecular weight is 431 g/mol. The van der Waals surface area contributed by atoms with Gasteiger partial charge >= 0.3 is 11.8 Å². The Morgan fingerprint density at radius 2 is 2.12 bits per heavy atom. The molecule has 5 aromatic heterocycles. The summed E-state index contributed by atoms with van der Waals surface area (Å²) in [5.41, 5.74) is 2.82. The fraction of sp³-hybridized carbons (Fsp3) is 0.150. The number of nitrogens with zero attached hydrogens (tertiary/aromatic N) is 8. The van der Waals surface area contributed by atoms with Gasteiger partial charge in [0, 0.05) is 37.3 Å². The highest BCUT2D eigenvalue weighted by molar-refractivity contribution is 5.90. The van der Waals surface area contributed by atoms with Crippen LogP contribution in [0.3, 0.4) is 0 Å². The Kier molecular flexibility index (Phi) is 4.03. The number of pyridine rings is 1. The molecule has 6 rings (SSSR count). The maximum Gasteiger partial charge on any atom is 0.312 e. The van der Waals surface area contributed by atoms with E-state index in [9.17, 15) is 9.18 Å². The molecule has 0 bridgehead atoms. The van der Waals surface area contributed by atoms with Crippen molar-refractivity contribution in [3.8, 4) is 11.5 Å². The molecule has 0 aromatic carbocycles. The molecule has 0 spiro atoms. The monoisotopic (exact) mass is 431 g/mol. The zero-order chi connectivity index (χ0) is 21.7. The molecule has 11 nitrogen and oxygen atoms in total. The summed E-state index contributed by atoms with van der Waals surface area (Å²) >= 11 is 0. The molecular weight excluding hydrogens is 417 g/mol. The predicted octanol–water partition coefficient (Wildman–Crippen LogP) is 1.82. The number of amides is 1. The van der Waals surface area contributed by atoms with Crippen molar-refractivity contribution in [3.05, 3.63) is 78.2 Å². The molecule has 0 saturated carbocycles. The van der Waals surface area contributed by atoms with Crippen LogP contribution in [0.5, 0.6) is 0 Å². The van der Waals surface area contributed by atoms with E-state index >= 15 is 0 Å². The standard InChI is InChI=1S/C20H14FN9O2/c21-12-2-1-4-30-15(12)6-14(28-30)17-16-13(24-10-25-16)3-5-29(17)20(31)19-27-26-18(32-19)11-7-22-9-23-8-11/h1-2,4,6-10,17H,3,5H2,(H,24,25)/t17-/m1/s1. The van der Waals surface area contributed by atoms with Gasteiger partial charge in [-0.2, -0.15) is 5.10 Å². The smallest absolute Gasteiger partial charge is 0.312 e. The van der Waals surface area contributed by atoms with Crippen molar-refractivity contribution in [1.82, 2.24) is 44.6 Å². The molecule has 0 fully saturated rings. The van der Waals surface area contributed by atoms with Gasteiger partial charge in [-0.1, -0.05) is 0 Å². The molecule has 1 amide bonds. The third kappa shape index (κ3) is 2.84. The average Bonchev–Trinajstić information content (AvgIpc) is 3.58. The minimum Gasteiger partial charge on any atom is -0.412 e. The van der Waals surface area contributed by atoms with Gasteiger partial charge in [0.05, 0.1) is 23.3 Å². The van der Waals surface area contributed by atoms with Crippen LogP contribution in [0, 0.1) is 5.82 Å². The Morgan fingerprint density at radius 1 is 1.25 bits per heavy atom. The van der Waals surface area contributed by atoms with Gasteiger partial charge in [-0.05, 0) is 18.2 Å². The summed E-state index contributed by atoms with van der Waals surface area (Å²) in [6.07, 6.45) is 8.19. The summed E-state index contributed by atoms with van der Waals surface area (Å²) < 4.78 is 21.3. The van der Waals surface area contributed by atoms with Crippen LogP contribution in [0.1, 0.15) is 33.8 Å². The van der Waals surface area contributed by atoms with E-state index in [4.69, 9.17) is 4.42 Å². The maximum atomic E-state index is 14.3. The number of aromatic nitrogens is 8. The third-order valence-corrected chi connectivity index (χ3v) is 5.35. The lowest BCUT2D eigenvalue weighted by molar-refractivity contribution is 0.0646. The van der Waals surface area contributed by atoms with E-state index in [2.05, 4.69) is 35.2 Å². The number of carbonyl (C=O) groups is 1. The van der Waals surface area contributed by atoms with Gasteiger partial charge in [0.2, 0.25) is 0 Å². The number of nitrogens with one attached hydrogen (secondary N) is 1. The molecule has 0 saturated heterocycles. The summed E-state index contributed by atoms with van der Waals surface area (Å²) in [4.78, 5) is 30.3. The number of H-pyrrole nitrogens is 1. The lowest BCUT2D eigenvalue weighted by Gasteiger charge is -2.32. The van der Waals surface area contributed by atoms with Gasteiger partial charge < -0.3 is 14.3 Å². The van der Waals surface area contributed by atoms with E-state index in [1.807, 2.05) is 0 Å². The normalized spacial score (nSPS) is 15.8. The molecule has 158 valence electrons. The van der Waals surface area contributed by atoms with E-state index in [0.29, 0.717) is 35.4 Å². The Hall–Kier alpha value is -4.48. The molecular formula is C20H14FN9O2. The van der Waals surface area contributed by atoms with Gasteiger partial charge in [-0.15, -0.1) is 10.2 Å². The minimum atomic E-state index is -0.646. The van der Waals surface area contributed by atoms with Crippen LogP contribution in [0.25, 0.3) is 17.0 Å². The van der Waals surface area contributed by atoms with E-state index in [1.165, 1.54) is 29.3 Å². The highest BCUT2D eigenvalue weighted by Crippen LogP contribution is 2.34. The lowest BCUT2D eigenvalue weighted by atomic mass is 9.99. The van der Waals surface area contributed by atoms with Gasteiger partial charge in [0.15, 0.2) is 0 Å². The largest absolute Gasteiger partial charge is 0.412 e. The van der Waals surface area contributed by atoms with E-state index in [-0.39, 0.29) is 11.8 Å². The Labute approximate surface area is 179 Å². The fourth-order valence-corrected chi connectivity index (χ4v) is 3.89. The van der Waals surface area contributed by atoms with Crippen LogP contribution in [0.15, 0.2) is 53.9 Å². The molecule has 0 aliphatic carbocycles. The second kappa shape index (κ2) is 7.04. The highest BCUT2D eigenvalue weighted by Gasteiger charge is 2.38. The Bertz CT molecular complexity index is 1440. The summed E-state index contributed by atoms with van der Waals surface area (Å²) in [7, 11) is 0. The number of halogens is 1. The number of aromatic amines is 1. The Balaban J connectivity index is 1.41. The lowest BCUT2D eigenvalue weighted by Crippen LogP contribution is -2.41. The summed E-state index contributed by atoms with van der Waals surface area (Å²) in [6.45, 7) is 0.362. The maximum absolute atomic E-state index is 14.3. The van der Waals surface area contributed by atoms with Crippen LogP contribution in [-0.4, -0.2) is 57.1 Å². The van der Waals surface area contributed by atoms with E-state index < -0.39 is 17.8 Å². The van der Waals surface area contributed by atoms with Crippen LogP contribution in [0.2, 0.25) is 0 Å². The second-order valence-electron chi connectivity index (χ2n) is 7.21. The van der Waals surface area contributed by atoms with Crippen LogP contribution in [0.4, 0.5) is 4.39 Å². The van der Waals surface area contributed by atoms with Crippen molar-refractivity contribution < 1.29 is 13.6 Å². The van der Waals surface area contributed by atoms with Crippen LogP contribution < -0.4 is 0 Å².